The van der Waals surface area contributed by atoms with E-state index in [1.807, 2.05) is 49.9 Å². The first-order chi connectivity index (χ1) is 14.9. The fourth-order valence-electron chi connectivity index (χ4n) is 3.45. The number of halogens is 1. The summed E-state index contributed by atoms with van der Waals surface area (Å²) in [5, 5.41) is 6.55. The summed E-state index contributed by atoms with van der Waals surface area (Å²) in [7, 11) is 0. The molecule has 1 aliphatic rings. The van der Waals surface area contributed by atoms with Gasteiger partial charge in [0.15, 0.2) is 5.96 Å². The molecule has 2 atom stereocenters. The fourth-order valence-corrected chi connectivity index (χ4v) is 3.45. The zero-order valence-corrected chi connectivity index (χ0v) is 22.6. The number of morpholine rings is 1. The lowest BCUT2D eigenvalue weighted by atomic mass is 10.1. The van der Waals surface area contributed by atoms with Crippen LogP contribution in [-0.2, 0) is 16.0 Å². The Balaban J connectivity index is 0.00000512. The average molecular weight is 561 g/mol. The molecule has 182 valence electrons. The van der Waals surface area contributed by atoms with Crippen molar-refractivity contribution in [3.05, 3.63) is 35.4 Å². The van der Waals surface area contributed by atoms with Crippen LogP contribution in [0.1, 0.15) is 57.0 Å². The molecule has 1 saturated heterocycles. The van der Waals surface area contributed by atoms with Gasteiger partial charge < -0.3 is 25.0 Å². The monoisotopic (exact) mass is 560 g/mol. The van der Waals surface area contributed by atoms with E-state index in [-0.39, 0.29) is 42.1 Å². The van der Waals surface area contributed by atoms with Crippen LogP contribution in [0.2, 0.25) is 0 Å². The van der Waals surface area contributed by atoms with Gasteiger partial charge in [-0.1, -0.05) is 26.0 Å². The minimum Gasteiger partial charge on any atom is -0.380 e. The molecular weight excluding hydrogens is 519 g/mol. The highest BCUT2D eigenvalue weighted by atomic mass is 127. The summed E-state index contributed by atoms with van der Waals surface area (Å²) in [4.78, 5) is 19.3. The van der Waals surface area contributed by atoms with Crippen LogP contribution in [0.25, 0.3) is 0 Å². The van der Waals surface area contributed by atoms with Gasteiger partial charge in [-0.05, 0) is 50.8 Å². The van der Waals surface area contributed by atoms with Gasteiger partial charge in [-0.2, -0.15) is 0 Å². The van der Waals surface area contributed by atoms with Crippen molar-refractivity contribution in [3.8, 4) is 0 Å². The molecule has 1 aliphatic heterocycles. The number of benzene rings is 1. The summed E-state index contributed by atoms with van der Waals surface area (Å²) < 4.78 is 11.4. The standard InChI is InChI=1S/C24H40N4O3.HI/c1-6-25-24(26-12-14-30-13-11-18(2)3)27-15-21-7-9-22(10-8-21)23(29)28-16-19(4)31-20(5)17-28;/h7-10,18-20H,6,11-17H2,1-5H3,(H2,25,26,27);1H. The van der Waals surface area contributed by atoms with E-state index in [2.05, 4.69) is 29.5 Å². The minimum absolute atomic E-state index is 0. The number of nitrogens with one attached hydrogen (secondary N) is 2. The van der Waals surface area contributed by atoms with Crippen molar-refractivity contribution < 1.29 is 14.3 Å². The molecule has 0 spiro atoms. The Morgan fingerprint density at radius 2 is 1.81 bits per heavy atom. The van der Waals surface area contributed by atoms with Gasteiger partial charge in [-0.15, -0.1) is 24.0 Å². The number of ether oxygens (including phenoxy) is 2. The predicted octanol–water partition coefficient (Wildman–Crippen LogP) is 3.67. The largest absolute Gasteiger partial charge is 0.380 e. The number of guanidine groups is 1. The van der Waals surface area contributed by atoms with Gasteiger partial charge in [0, 0.05) is 38.3 Å². The molecule has 2 unspecified atom stereocenters. The van der Waals surface area contributed by atoms with E-state index >= 15 is 0 Å². The van der Waals surface area contributed by atoms with E-state index in [9.17, 15) is 4.79 Å². The summed E-state index contributed by atoms with van der Waals surface area (Å²) in [6.45, 7) is 15.2. The third-order valence-corrected chi connectivity index (χ3v) is 5.05. The number of carbonyl (C=O) groups excluding carboxylic acids is 1. The maximum atomic E-state index is 12.8. The Hall–Kier alpha value is -1.39. The molecule has 32 heavy (non-hydrogen) atoms. The minimum atomic E-state index is 0. The summed E-state index contributed by atoms with van der Waals surface area (Å²) in [5.74, 6) is 1.49. The molecular formula is C24H41IN4O3. The molecule has 0 saturated carbocycles. The molecule has 0 radical (unpaired) electrons. The van der Waals surface area contributed by atoms with Crippen molar-refractivity contribution in [1.82, 2.24) is 15.5 Å². The van der Waals surface area contributed by atoms with Crippen LogP contribution in [0.15, 0.2) is 29.3 Å². The van der Waals surface area contributed by atoms with E-state index < -0.39 is 0 Å². The van der Waals surface area contributed by atoms with Crippen LogP contribution in [0.5, 0.6) is 0 Å². The zero-order valence-electron chi connectivity index (χ0n) is 20.2. The Bertz CT molecular complexity index is 687. The average Bonchev–Trinajstić information content (AvgIpc) is 2.73. The number of hydrogen-bond acceptors (Lipinski definition) is 4. The SMILES string of the molecule is CCNC(=NCc1ccc(C(=O)N2CC(C)OC(C)C2)cc1)NCCOCCC(C)C.I. The first kappa shape index (κ1) is 28.6. The normalized spacial score (nSPS) is 18.9. The molecule has 1 heterocycles. The van der Waals surface area contributed by atoms with Gasteiger partial charge in [0.25, 0.3) is 5.91 Å². The summed E-state index contributed by atoms with van der Waals surface area (Å²) in [5.41, 5.74) is 1.77. The quantitative estimate of drug-likeness (QED) is 0.198. The Morgan fingerprint density at radius 1 is 1.16 bits per heavy atom. The number of aliphatic imine (C=N–C) groups is 1. The lowest BCUT2D eigenvalue weighted by Crippen LogP contribution is -2.48. The van der Waals surface area contributed by atoms with Gasteiger partial charge in [-0.3, -0.25) is 4.79 Å². The van der Waals surface area contributed by atoms with E-state index in [0.29, 0.717) is 44.3 Å². The second kappa shape index (κ2) is 15.4. The lowest BCUT2D eigenvalue weighted by Gasteiger charge is -2.35. The maximum absolute atomic E-state index is 12.8. The molecule has 0 aliphatic carbocycles. The number of nitrogens with zero attached hydrogens (tertiary/aromatic N) is 2. The van der Waals surface area contributed by atoms with E-state index in [0.717, 1.165) is 31.1 Å². The van der Waals surface area contributed by atoms with Crippen LogP contribution in [0.4, 0.5) is 0 Å². The molecule has 0 aromatic heterocycles. The van der Waals surface area contributed by atoms with E-state index in [1.165, 1.54) is 0 Å². The molecule has 1 aromatic rings. The van der Waals surface area contributed by atoms with Crippen molar-refractivity contribution >= 4 is 35.8 Å². The Labute approximate surface area is 210 Å². The highest BCUT2D eigenvalue weighted by Gasteiger charge is 2.26. The highest BCUT2D eigenvalue weighted by molar-refractivity contribution is 14.0. The smallest absolute Gasteiger partial charge is 0.254 e. The first-order valence-electron chi connectivity index (χ1n) is 11.5. The van der Waals surface area contributed by atoms with Crippen molar-refractivity contribution in [3.63, 3.8) is 0 Å². The topological polar surface area (TPSA) is 75.2 Å². The van der Waals surface area contributed by atoms with Crippen LogP contribution in [-0.4, -0.2) is 68.4 Å². The van der Waals surface area contributed by atoms with Crippen molar-refractivity contribution in [2.24, 2.45) is 10.9 Å². The molecule has 7 nitrogen and oxygen atoms in total. The summed E-state index contributed by atoms with van der Waals surface area (Å²) in [6, 6.07) is 7.73. The van der Waals surface area contributed by atoms with Crippen molar-refractivity contribution in [1.29, 1.82) is 0 Å². The van der Waals surface area contributed by atoms with E-state index in [4.69, 9.17) is 9.47 Å². The third-order valence-electron chi connectivity index (χ3n) is 5.05. The van der Waals surface area contributed by atoms with Gasteiger partial charge in [0.1, 0.15) is 0 Å². The van der Waals surface area contributed by atoms with Crippen LogP contribution in [0, 0.1) is 5.92 Å². The molecule has 2 N–H and O–H groups in total. The van der Waals surface area contributed by atoms with E-state index in [1.54, 1.807) is 0 Å². The number of carbonyl (C=O) groups is 1. The summed E-state index contributed by atoms with van der Waals surface area (Å²) >= 11 is 0. The number of hydrogen-bond donors (Lipinski definition) is 2. The molecule has 1 aromatic carbocycles. The first-order valence-corrected chi connectivity index (χ1v) is 11.5. The zero-order chi connectivity index (χ0) is 22.6. The predicted molar refractivity (Wildman–Crippen MR) is 141 cm³/mol. The molecule has 2 rings (SSSR count). The van der Waals surface area contributed by atoms with Gasteiger partial charge in [-0.25, -0.2) is 4.99 Å². The van der Waals surface area contributed by atoms with Crippen LogP contribution in [0.3, 0.4) is 0 Å². The number of rotatable bonds is 10. The lowest BCUT2D eigenvalue weighted by molar-refractivity contribution is -0.0586. The maximum Gasteiger partial charge on any atom is 0.254 e. The highest BCUT2D eigenvalue weighted by Crippen LogP contribution is 2.15. The molecule has 8 heteroatoms. The second-order valence-electron chi connectivity index (χ2n) is 8.58. The van der Waals surface area contributed by atoms with Crippen LogP contribution < -0.4 is 10.6 Å². The number of amides is 1. The molecule has 0 bridgehead atoms. The molecule has 1 fully saturated rings. The molecule has 1 amide bonds. The second-order valence-corrected chi connectivity index (χ2v) is 8.58. The Morgan fingerprint density at radius 3 is 2.41 bits per heavy atom. The summed E-state index contributed by atoms with van der Waals surface area (Å²) in [6.07, 6.45) is 1.22. The van der Waals surface area contributed by atoms with Crippen molar-refractivity contribution in [2.75, 3.05) is 39.4 Å². The van der Waals surface area contributed by atoms with Crippen molar-refractivity contribution in [2.45, 2.75) is 59.8 Å². The van der Waals surface area contributed by atoms with Crippen LogP contribution >= 0.6 is 24.0 Å². The third kappa shape index (κ3) is 10.5. The fraction of sp³-hybridized carbons (Fsp3) is 0.667. The van der Waals surface area contributed by atoms with Gasteiger partial charge in [0.05, 0.1) is 25.4 Å². The van der Waals surface area contributed by atoms with Gasteiger partial charge in [0.2, 0.25) is 0 Å². The van der Waals surface area contributed by atoms with Gasteiger partial charge >= 0.3 is 0 Å². The Kier molecular flexibility index (Phi) is 13.8.